The molecular weight excluding hydrogens is 434 g/mol. The molecule has 0 aliphatic rings. The number of benzene rings is 2. The van der Waals surface area contributed by atoms with Crippen molar-refractivity contribution >= 4 is 54.9 Å². The van der Waals surface area contributed by atoms with Crippen molar-refractivity contribution in [2.75, 3.05) is 6.26 Å². The van der Waals surface area contributed by atoms with E-state index < -0.39 is 9.84 Å². The molecule has 0 atom stereocenters. The van der Waals surface area contributed by atoms with Crippen LogP contribution >= 0.6 is 34.9 Å². The smallest absolute Gasteiger partial charge is 0.276 e. The molecule has 10 heteroatoms. The lowest BCUT2D eigenvalue weighted by Crippen LogP contribution is -1.96. The predicted octanol–water partition coefficient (Wildman–Crippen LogP) is 4.67. The van der Waals surface area contributed by atoms with Crippen LogP contribution in [0.4, 0.5) is 0 Å². The number of para-hydroxylation sites is 1. The van der Waals surface area contributed by atoms with E-state index in [9.17, 15) is 8.42 Å². The van der Waals surface area contributed by atoms with Crippen LogP contribution in [0.25, 0.3) is 10.2 Å². The van der Waals surface area contributed by atoms with Crippen molar-refractivity contribution in [3.63, 3.8) is 0 Å². The third kappa shape index (κ3) is 4.75. The number of hydrogen-bond donors (Lipinski definition) is 0. The molecule has 2 aromatic heterocycles. The van der Waals surface area contributed by atoms with Gasteiger partial charge in [0.05, 0.1) is 20.9 Å². The lowest BCUT2D eigenvalue weighted by Gasteiger charge is -2.01. The minimum absolute atomic E-state index is 0.313. The zero-order valence-electron chi connectivity index (χ0n) is 14.7. The molecule has 0 bridgehead atoms. The van der Waals surface area contributed by atoms with Gasteiger partial charge >= 0.3 is 0 Å². The van der Waals surface area contributed by atoms with Crippen LogP contribution in [0.2, 0.25) is 0 Å². The van der Waals surface area contributed by atoms with Crippen molar-refractivity contribution in [3.05, 3.63) is 60.0 Å². The maximum absolute atomic E-state index is 11.5. The zero-order valence-corrected chi connectivity index (χ0v) is 18.0. The maximum Gasteiger partial charge on any atom is 0.276 e. The first-order chi connectivity index (χ1) is 13.5. The molecule has 0 N–H and O–H groups in total. The lowest BCUT2D eigenvalue weighted by atomic mass is 10.2. The van der Waals surface area contributed by atoms with Gasteiger partial charge in [-0.3, -0.25) is 0 Å². The summed E-state index contributed by atoms with van der Waals surface area (Å²) < 4.78 is 30.8. The summed E-state index contributed by atoms with van der Waals surface area (Å²) in [5.74, 6) is 1.74. The van der Waals surface area contributed by atoms with Crippen molar-refractivity contribution in [2.24, 2.45) is 0 Å². The van der Waals surface area contributed by atoms with Gasteiger partial charge in [-0.1, -0.05) is 47.8 Å². The van der Waals surface area contributed by atoms with Crippen LogP contribution in [0.3, 0.4) is 0 Å². The number of nitrogens with zero attached hydrogens (tertiary/aromatic N) is 3. The second-order valence-corrected chi connectivity index (χ2v) is 11.1. The van der Waals surface area contributed by atoms with Crippen molar-refractivity contribution in [1.29, 1.82) is 0 Å². The Kier molecular flexibility index (Phi) is 5.72. The number of thiazole rings is 1. The Morgan fingerprint density at radius 1 is 1.00 bits per heavy atom. The molecule has 0 radical (unpaired) electrons. The Morgan fingerprint density at radius 3 is 2.54 bits per heavy atom. The summed E-state index contributed by atoms with van der Waals surface area (Å²) in [5, 5.41) is 8.64. The van der Waals surface area contributed by atoms with Gasteiger partial charge in [-0.25, -0.2) is 13.4 Å². The SMILES string of the molecule is CS(=O)(=O)c1ccc(CSc2nnc(CSc3nc4ccccc4s3)o2)cc1. The molecule has 0 saturated carbocycles. The number of rotatable bonds is 7. The molecule has 144 valence electrons. The average molecular weight is 450 g/mol. The van der Waals surface area contributed by atoms with E-state index in [1.165, 1.54) is 18.0 Å². The molecule has 2 aromatic carbocycles. The van der Waals surface area contributed by atoms with E-state index in [4.69, 9.17) is 4.42 Å². The van der Waals surface area contributed by atoms with Gasteiger partial charge in [-0.05, 0) is 29.8 Å². The molecule has 6 nitrogen and oxygen atoms in total. The summed E-state index contributed by atoms with van der Waals surface area (Å²) >= 11 is 4.64. The molecular formula is C18H15N3O3S4. The van der Waals surface area contributed by atoms with Crippen molar-refractivity contribution in [2.45, 2.75) is 26.0 Å². The Balaban J connectivity index is 1.32. The number of thioether (sulfide) groups is 2. The van der Waals surface area contributed by atoms with E-state index in [1.54, 1.807) is 47.4 Å². The van der Waals surface area contributed by atoms with E-state index in [0.717, 1.165) is 20.1 Å². The van der Waals surface area contributed by atoms with Gasteiger partial charge in [-0.2, -0.15) is 0 Å². The Bertz CT molecular complexity index is 1170. The topological polar surface area (TPSA) is 86.0 Å². The molecule has 4 rings (SSSR count). The van der Waals surface area contributed by atoms with Crippen LogP contribution in [-0.2, 0) is 21.3 Å². The number of hydrogen-bond acceptors (Lipinski definition) is 9. The highest BCUT2D eigenvalue weighted by atomic mass is 32.2. The van der Waals surface area contributed by atoms with E-state index in [1.807, 2.05) is 18.2 Å². The van der Waals surface area contributed by atoms with Crippen molar-refractivity contribution in [1.82, 2.24) is 15.2 Å². The van der Waals surface area contributed by atoms with E-state index >= 15 is 0 Å². The summed E-state index contributed by atoms with van der Waals surface area (Å²) in [6.45, 7) is 0. The van der Waals surface area contributed by atoms with Gasteiger partial charge in [0.1, 0.15) is 0 Å². The van der Waals surface area contributed by atoms with Gasteiger partial charge in [0.25, 0.3) is 5.22 Å². The largest absolute Gasteiger partial charge is 0.415 e. The number of aromatic nitrogens is 3. The van der Waals surface area contributed by atoms with Crippen LogP contribution in [0.5, 0.6) is 0 Å². The third-order valence-corrected chi connectivity index (χ3v) is 7.94. The molecule has 0 unspecified atom stereocenters. The van der Waals surface area contributed by atoms with Crippen LogP contribution in [0.15, 0.2) is 67.4 Å². The maximum atomic E-state index is 11.5. The van der Waals surface area contributed by atoms with Gasteiger partial charge in [0, 0.05) is 12.0 Å². The summed E-state index contributed by atoms with van der Waals surface area (Å²) in [6.07, 6.45) is 1.20. The fraction of sp³-hybridized carbons (Fsp3) is 0.167. The highest BCUT2D eigenvalue weighted by Crippen LogP contribution is 2.31. The molecule has 0 spiro atoms. The molecule has 0 aliphatic heterocycles. The van der Waals surface area contributed by atoms with Crippen LogP contribution in [-0.4, -0.2) is 29.9 Å². The second kappa shape index (κ2) is 8.24. The van der Waals surface area contributed by atoms with Crippen LogP contribution < -0.4 is 0 Å². The van der Waals surface area contributed by atoms with Gasteiger partial charge in [0.2, 0.25) is 5.89 Å². The molecule has 0 saturated heterocycles. The normalized spacial score (nSPS) is 11.9. The summed E-state index contributed by atoms with van der Waals surface area (Å²) in [4.78, 5) is 4.89. The first-order valence-electron chi connectivity index (χ1n) is 8.20. The molecule has 2 heterocycles. The van der Waals surface area contributed by atoms with Gasteiger partial charge in [0.15, 0.2) is 14.2 Å². The summed E-state index contributed by atoms with van der Waals surface area (Å²) in [6, 6.07) is 14.9. The summed E-state index contributed by atoms with van der Waals surface area (Å²) in [7, 11) is -3.18. The zero-order chi connectivity index (χ0) is 19.6. The average Bonchev–Trinajstić information content (AvgIpc) is 3.30. The van der Waals surface area contributed by atoms with Crippen molar-refractivity contribution < 1.29 is 12.8 Å². The number of sulfone groups is 1. The fourth-order valence-corrected chi connectivity index (χ4v) is 5.64. The van der Waals surface area contributed by atoms with E-state index in [-0.39, 0.29) is 0 Å². The highest BCUT2D eigenvalue weighted by molar-refractivity contribution is 8.00. The summed E-state index contributed by atoms with van der Waals surface area (Å²) in [5.41, 5.74) is 1.99. The van der Waals surface area contributed by atoms with E-state index in [0.29, 0.717) is 27.5 Å². The molecule has 0 fully saturated rings. The Labute approximate surface area is 174 Å². The minimum atomic E-state index is -3.18. The quantitative estimate of drug-likeness (QED) is 0.376. The second-order valence-electron chi connectivity index (χ2n) is 5.90. The molecule has 28 heavy (non-hydrogen) atoms. The first kappa shape index (κ1) is 19.4. The monoisotopic (exact) mass is 449 g/mol. The fourth-order valence-electron chi connectivity index (χ4n) is 2.37. The molecule has 4 aromatic rings. The number of fused-ring (bicyclic) bond motifs is 1. The first-order valence-corrected chi connectivity index (χ1v) is 12.9. The highest BCUT2D eigenvalue weighted by Gasteiger charge is 2.11. The van der Waals surface area contributed by atoms with Crippen LogP contribution in [0.1, 0.15) is 11.5 Å². The minimum Gasteiger partial charge on any atom is -0.415 e. The molecule has 0 amide bonds. The lowest BCUT2D eigenvalue weighted by molar-refractivity contribution is 0.426. The molecule has 0 aliphatic carbocycles. The third-order valence-electron chi connectivity index (χ3n) is 3.76. The Morgan fingerprint density at radius 2 is 1.79 bits per heavy atom. The van der Waals surface area contributed by atoms with Crippen LogP contribution in [0, 0.1) is 0 Å². The van der Waals surface area contributed by atoms with E-state index in [2.05, 4.69) is 21.2 Å². The van der Waals surface area contributed by atoms with Gasteiger partial charge in [-0.15, -0.1) is 21.5 Å². The standard InChI is InChI=1S/C18H15N3O3S4/c1-28(22,23)13-8-6-12(7-9-13)10-25-17-21-20-16(24-17)11-26-18-19-14-4-2-3-5-15(14)27-18/h2-9H,10-11H2,1H3. The van der Waals surface area contributed by atoms with Crippen molar-refractivity contribution in [3.8, 4) is 0 Å². The Hall–Kier alpha value is -1.88. The predicted molar refractivity (Wildman–Crippen MR) is 113 cm³/mol. The van der Waals surface area contributed by atoms with Gasteiger partial charge < -0.3 is 4.42 Å².